The van der Waals surface area contributed by atoms with Crippen LogP contribution in [-0.2, 0) is 27.1 Å². The van der Waals surface area contributed by atoms with E-state index in [-0.39, 0.29) is 17.5 Å². The molecule has 51 heavy (non-hydrogen) atoms. The Bertz CT molecular complexity index is 2380. The van der Waals surface area contributed by atoms with E-state index in [2.05, 4.69) is 11.5 Å². The molecule has 264 valence electrons. The van der Waals surface area contributed by atoms with Gasteiger partial charge in [0, 0.05) is 65.1 Å². The van der Waals surface area contributed by atoms with Crippen LogP contribution in [-0.4, -0.2) is 48.5 Å². The third-order valence-electron chi connectivity index (χ3n) is 10.4. The van der Waals surface area contributed by atoms with E-state index in [9.17, 15) is 9.90 Å². The molecule has 6 aromatic rings. The normalized spacial score (nSPS) is 14.6. The Morgan fingerprint density at radius 2 is 1.73 bits per heavy atom. The highest BCUT2D eigenvalue weighted by atomic mass is 35.5. The van der Waals surface area contributed by atoms with Crippen molar-refractivity contribution in [3.8, 4) is 16.9 Å². The highest BCUT2D eigenvalue weighted by molar-refractivity contribution is 6.35. The van der Waals surface area contributed by atoms with Crippen LogP contribution in [0.2, 0.25) is 10.0 Å². The van der Waals surface area contributed by atoms with Crippen molar-refractivity contribution >= 4 is 62.6 Å². The summed E-state index contributed by atoms with van der Waals surface area (Å²) >= 11 is 13.5. The number of carboxylic acids is 1. The molecule has 0 saturated heterocycles. The number of rotatable bonds is 9. The molecule has 1 aliphatic heterocycles. The van der Waals surface area contributed by atoms with Gasteiger partial charge in [-0.2, -0.15) is 5.10 Å². The molecule has 3 aromatic heterocycles. The van der Waals surface area contributed by atoms with Crippen molar-refractivity contribution in [1.29, 1.82) is 0 Å². The molecule has 0 aliphatic carbocycles. The maximum Gasteiger partial charge on any atom is 0.337 e. The van der Waals surface area contributed by atoms with Gasteiger partial charge in [0.05, 0.1) is 40.0 Å². The predicted molar refractivity (Wildman–Crippen MR) is 204 cm³/mol. The molecular weight excluding hydrogens is 685 g/mol. The molecule has 0 radical (unpaired) electrons. The molecule has 3 aromatic carbocycles. The van der Waals surface area contributed by atoms with Gasteiger partial charge in [-0.1, -0.05) is 36.2 Å². The van der Waals surface area contributed by atoms with E-state index in [1.54, 1.807) is 15.5 Å². The smallest absolute Gasteiger partial charge is 0.337 e. The Labute approximate surface area is 306 Å². The largest absolute Gasteiger partial charge is 0.494 e. The minimum Gasteiger partial charge on any atom is -0.494 e. The maximum atomic E-state index is 15.1. The summed E-state index contributed by atoms with van der Waals surface area (Å²) in [4.78, 5) is 29.4. The summed E-state index contributed by atoms with van der Waals surface area (Å²) in [5, 5.41) is 18.0. The monoisotopic (exact) mass is 725 g/mol. The SMILES string of the molecule is CCC1Cn2c(c(CCCOc3cc(C)c(Cl)c(C)c3)c3ccc(Cl)c(-c4c(C)nn(C)c4C)c32)C(=O)N1c1cc(C(=O)O)c2c(ccn2C)c1. The lowest BCUT2D eigenvalue weighted by atomic mass is 9.98. The van der Waals surface area contributed by atoms with Crippen LogP contribution in [0.1, 0.15) is 68.7 Å². The number of halogens is 2. The Morgan fingerprint density at radius 3 is 2.37 bits per heavy atom. The van der Waals surface area contributed by atoms with E-state index in [0.29, 0.717) is 54.3 Å². The Morgan fingerprint density at radius 1 is 1.00 bits per heavy atom. The lowest BCUT2D eigenvalue weighted by molar-refractivity contribution is 0.0698. The van der Waals surface area contributed by atoms with Crippen molar-refractivity contribution in [2.45, 2.75) is 66.5 Å². The minimum absolute atomic E-state index is 0.158. The Kier molecular flexibility index (Phi) is 8.92. The number of hydrogen-bond acceptors (Lipinski definition) is 4. The van der Waals surface area contributed by atoms with E-state index in [1.165, 1.54) is 0 Å². The number of fused-ring (bicyclic) bond motifs is 4. The van der Waals surface area contributed by atoms with Gasteiger partial charge in [0.1, 0.15) is 11.4 Å². The predicted octanol–water partition coefficient (Wildman–Crippen LogP) is 9.22. The molecule has 4 heterocycles. The number of aromatic nitrogens is 4. The number of nitrogens with zero attached hydrogens (tertiary/aromatic N) is 5. The molecule has 1 aliphatic rings. The number of carbonyl (C=O) groups excluding carboxylic acids is 1. The summed E-state index contributed by atoms with van der Waals surface area (Å²) in [6, 6.07) is 13.0. The van der Waals surface area contributed by atoms with Crippen molar-refractivity contribution in [3.63, 3.8) is 0 Å². The highest BCUT2D eigenvalue weighted by Crippen LogP contribution is 2.44. The second-order valence-electron chi connectivity index (χ2n) is 13.6. The van der Waals surface area contributed by atoms with Crippen LogP contribution in [0, 0.1) is 27.7 Å². The van der Waals surface area contributed by atoms with Gasteiger partial charge < -0.3 is 23.9 Å². The fourth-order valence-corrected chi connectivity index (χ4v) is 8.27. The number of benzene rings is 3. The number of carbonyl (C=O) groups is 2. The number of carboxylic acid groups (broad SMARTS) is 1. The zero-order chi connectivity index (χ0) is 36.5. The summed E-state index contributed by atoms with van der Waals surface area (Å²) in [7, 11) is 3.75. The Hall–Kier alpha value is -4.73. The number of hydrogen-bond donors (Lipinski definition) is 1. The van der Waals surface area contributed by atoms with Gasteiger partial charge in [-0.05, 0) is 100 Å². The number of aryl methyl sites for hydroxylation is 6. The summed E-state index contributed by atoms with van der Waals surface area (Å²) in [5.74, 6) is -0.450. The topological polar surface area (TPSA) is 94.5 Å². The average Bonchev–Trinajstić information content (AvgIpc) is 3.71. The zero-order valence-electron chi connectivity index (χ0n) is 29.9. The minimum atomic E-state index is -1.04. The van der Waals surface area contributed by atoms with Gasteiger partial charge >= 0.3 is 5.97 Å². The van der Waals surface area contributed by atoms with E-state index in [4.69, 9.17) is 33.0 Å². The lowest BCUT2D eigenvalue weighted by Crippen LogP contribution is -2.48. The van der Waals surface area contributed by atoms with Gasteiger partial charge in [0.15, 0.2) is 0 Å². The van der Waals surface area contributed by atoms with Gasteiger partial charge in [-0.15, -0.1) is 0 Å². The standard InChI is InChI=1S/C40H41Cl2N5O4/c1-8-26-20-46-37-30(11-12-32(41)34(37)33-23(4)43-45(7)24(33)5)29(10-9-15-51-28-16-21(2)35(42)22(3)17-28)38(46)39(48)47(26)27-18-25-13-14-44(6)36(25)31(19-27)40(49)50/h11-14,16-19,26H,8-10,15,20H2,1-7H3,(H,49,50). The summed E-state index contributed by atoms with van der Waals surface area (Å²) in [6.45, 7) is 11.0. The van der Waals surface area contributed by atoms with Crippen LogP contribution in [0.15, 0.2) is 48.7 Å². The number of ether oxygens (including phenoxy) is 1. The van der Waals surface area contributed by atoms with Crippen molar-refractivity contribution in [2.24, 2.45) is 14.1 Å². The van der Waals surface area contributed by atoms with Gasteiger partial charge in [0.25, 0.3) is 5.91 Å². The van der Waals surface area contributed by atoms with E-state index >= 15 is 4.79 Å². The van der Waals surface area contributed by atoms with E-state index < -0.39 is 5.97 Å². The molecule has 1 unspecified atom stereocenters. The van der Waals surface area contributed by atoms with E-state index in [1.807, 2.05) is 89.1 Å². The quantitative estimate of drug-likeness (QED) is 0.150. The van der Waals surface area contributed by atoms with Gasteiger partial charge in [-0.25, -0.2) is 4.79 Å². The van der Waals surface area contributed by atoms with Crippen molar-refractivity contribution in [2.75, 3.05) is 11.5 Å². The third kappa shape index (κ3) is 5.67. The third-order valence-corrected chi connectivity index (χ3v) is 11.3. The van der Waals surface area contributed by atoms with Crippen LogP contribution in [0.4, 0.5) is 5.69 Å². The molecule has 0 saturated carbocycles. The fourth-order valence-electron chi connectivity index (χ4n) is 7.92. The summed E-state index contributed by atoms with van der Waals surface area (Å²) in [6.07, 6.45) is 3.73. The van der Waals surface area contributed by atoms with Crippen molar-refractivity contribution < 1.29 is 19.4 Å². The molecule has 1 N–H and O–H groups in total. The molecular formula is C40H41Cl2N5O4. The first-order valence-corrected chi connectivity index (χ1v) is 18.0. The average molecular weight is 727 g/mol. The lowest BCUT2D eigenvalue weighted by Gasteiger charge is -2.37. The number of amides is 1. The first-order valence-electron chi connectivity index (χ1n) is 17.2. The molecule has 9 nitrogen and oxygen atoms in total. The first kappa shape index (κ1) is 34.7. The van der Waals surface area contributed by atoms with Crippen molar-refractivity contribution in [3.05, 3.63) is 98.0 Å². The maximum absolute atomic E-state index is 15.1. The number of aromatic carboxylic acids is 1. The molecule has 1 amide bonds. The van der Waals surface area contributed by atoms with Crippen LogP contribution in [0.25, 0.3) is 32.9 Å². The second kappa shape index (κ2) is 13.1. The molecule has 0 fully saturated rings. The summed E-state index contributed by atoms with van der Waals surface area (Å²) in [5.41, 5.74) is 9.33. The van der Waals surface area contributed by atoms with Crippen LogP contribution < -0.4 is 9.64 Å². The van der Waals surface area contributed by atoms with Crippen LogP contribution in [0.3, 0.4) is 0 Å². The second-order valence-corrected chi connectivity index (χ2v) is 14.4. The van der Waals surface area contributed by atoms with Gasteiger partial charge in [-0.3, -0.25) is 9.48 Å². The van der Waals surface area contributed by atoms with Crippen LogP contribution >= 0.6 is 23.2 Å². The Balaban J connectivity index is 1.39. The first-order chi connectivity index (χ1) is 24.3. The van der Waals surface area contributed by atoms with Crippen LogP contribution in [0.5, 0.6) is 5.75 Å². The molecule has 1 atom stereocenters. The highest BCUT2D eigenvalue weighted by Gasteiger charge is 2.38. The van der Waals surface area contributed by atoms with Crippen molar-refractivity contribution in [1.82, 2.24) is 18.9 Å². The van der Waals surface area contributed by atoms with Gasteiger partial charge in [0.2, 0.25) is 0 Å². The molecule has 0 spiro atoms. The summed E-state index contributed by atoms with van der Waals surface area (Å²) < 4.78 is 12.0. The number of anilines is 1. The fraction of sp³-hybridized carbons (Fsp3) is 0.325. The zero-order valence-corrected chi connectivity index (χ0v) is 31.4. The molecule has 11 heteroatoms. The molecule has 7 rings (SSSR count). The van der Waals surface area contributed by atoms with E-state index in [0.717, 1.165) is 66.3 Å². The molecule has 0 bridgehead atoms.